The van der Waals surface area contributed by atoms with Crippen molar-refractivity contribution < 1.29 is 20.1 Å². The maximum atomic E-state index is 10.3. The van der Waals surface area contributed by atoms with E-state index in [0.717, 1.165) is 0 Å². The highest BCUT2D eigenvalue weighted by Crippen LogP contribution is 2.31. The van der Waals surface area contributed by atoms with E-state index in [2.05, 4.69) is 37.4 Å². The van der Waals surface area contributed by atoms with Gasteiger partial charge in [-0.3, -0.25) is 0 Å². The van der Waals surface area contributed by atoms with Crippen molar-refractivity contribution in [3.63, 3.8) is 0 Å². The average Bonchev–Trinajstić information content (AvgIpc) is 3.01. The standard InChI is InChI=1S/C19H22ClN5O4/c1-21-19-24-17(20)12(5-3-10-4-6-14(29-2)22-8-10)18(25-19)23-13-7-11(9-26)15(27)16(13)28/h4,6,8,11,13,15-16,26-28H,7,9H2,1-2H3,(H2,21,23,24,25)/t11-,13-,15-,16+/m1/s1. The molecule has 5 N–H and O–H groups in total. The number of anilines is 2. The fraction of sp³-hybridized carbons (Fsp3) is 0.421. The SMILES string of the molecule is CNc1nc(Cl)c(C#Cc2ccc(OC)nc2)c(N[C@@H]2C[C@H](CO)[C@@H](O)[C@H]2O)n1. The molecular weight excluding hydrogens is 398 g/mol. The highest BCUT2D eigenvalue weighted by molar-refractivity contribution is 6.31. The number of nitrogens with one attached hydrogen (secondary N) is 2. The van der Waals surface area contributed by atoms with Gasteiger partial charge in [0.05, 0.1) is 19.3 Å². The van der Waals surface area contributed by atoms with E-state index < -0.39 is 24.2 Å². The number of aliphatic hydroxyl groups is 3. The zero-order valence-corrected chi connectivity index (χ0v) is 16.7. The van der Waals surface area contributed by atoms with Crippen LogP contribution in [0.3, 0.4) is 0 Å². The van der Waals surface area contributed by atoms with Crippen LogP contribution in [0.25, 0.3) is 0 Å². The molecule has 0 saturated heterocycles. The Morgan fingerprint density at radius 2 is 2.03 bits per heavy atom. The molecular formula is C19H22ClN5O4. The van der Waals surface area contributed by atoms with Crippen LogP contribution in [0.2, 0.25) is 5.15 Å². The van der Waals surface area contributed by atoms with Gasteiger partial charge in [0.25, 0.3) is 0 Å². The Morgan fingerprint density at radius 1 is 1.24 bits per heavy atom. The molecule has 2 aromatic rings. The summed E-state index contributed by atoms with van der Waals surface area (Å²) in [6, 6.07) is 2.92. The van der Waals surface area contributed by atoms with Crippen molar-refractivity contribution in [1.82, 2.24) is 15.0 Å². The molecule has 2 aromatic heterocycles. The summed E-state index contributed by atoms with van der Waals surface area (Å²) >= 11 is 6.31. The molecule has 10 heteroatoms. The van der Waals surface area contributed by atoms with Crippen molar-refractivity contribution >= 4 is 23.4 Å². The van der Waals surface area contributed by atoms with Gasteiger partial charge in [-0.25, -0.2) is 4.98 Å². The number of nitrogens with zero attached hydrogens (tertiary/aromatic N) is 3. The van der Waals surface area contributed by atoms with Crippen LogP contribution < -0.4 is 15.4 Å². The molecule has 0 bridgehead atoms. The van der Waals surface area contributed by atoms with Crippen molar-refractivity contribution in [2.24, 2.45) is 5.92 Å². The molecule has 2 heterocycles. The van der Waals surface area contributed by atoms with Crippen LogP contribution in [0.5, 0.6) is 5.88 Å². The lowest BCUT2D eigenvalue weighted by molar-refractivity contribution is 0.00445. The van der Waals surface area contributed by atoms with Crippen LogP contribution in [0, 0.1) is 17.8 Å². The second kappa shape index (κ2) is 9.24. The summed E-state index contributed by atoms with van der Waals surface area (Å²) in [5.41, 5.74) is 0.984. The fourth-order valence-electron chi connectivity index (χ4n) is 3.09. The Hall–Kier alpha value is -2.64. The molecule has 0 amide bonds. The van der Waals surface area contributed by atoms with Gasteiger partial charge in [0.15, 0.2) is 5.15 Å². The predicted molar refractivity (Wildman–Crippen MR) is 108 cm³/mol. The van der Waals surface area contributed by atoms with Crippen LogP contribution >= 0.6 is 11.6 Å². The minimum Gasteiger partial charge on any atom is -0.481 e. The first kappa shape index (κ1) is 21.1. The second-order valence-electron chi connectivity index (χ2n) is 6.56. The summed E-state index contributed by atoms with van der Waals surface area (Å²) in [7, 11) is 3.18. The quantitative estimate of drug-likeness (QED) is 0.347. The Kier molecular flexibility index (Phi) is 6.71. The highest BCUT2D eigenvalue weighted by atomic mass is 35.5. The number of halogens is 1. The first-order valence-corrected chi connectivity index (χ1v) is 9.35. The summed E-state index contributed by atoms with van der Waals surface area (Å²) in [4.78, 5) is 12.6. The van der Waals surface area contributed by atoms with Crippen LogP contribution in [0.4, 0.5) is 11.8 Å². The van der Waals surface area contributed by atoms with Gasteiger partial charge in [0.1, 0.15) is 17.5 Å². The largest absolute Gasteiger partial charge is 0.481 e. The van der Waals surface area contributed by atoms with E-state index in [4.69, 9.17) is 16.3 Å². The minimum absolute atomic E-state index is 0.132. The van der Waals surface area contributed by atoms with E-state index in [1.54, 1.807) is 25.4 Å². The van der Waals surface area contributed by atoms with Gasteiger partial charge in [-0.2, -0.15) is 9.97 Å². The van der Waals surface area contributed by atoms with Gasteiger partial charge >= 0.3 is 0 Å². The minimum atomic E-state index is -1.06. The summed E-state index contributed by atoms with van der Waals surface area (Å²) in [5.74, 6) is 6.54. The maximum absolute atomic E-state index is 10.3. The summed E-state index contributed by atoms with van der Waals surface area (Å²) < 4.78 is 5.03. The number of ether oxygens (including phenoxy) is 1. The molecule has 4 atom stereocenters. The van der Waals surface area contributed by atoms with Gasteiger partial charge < -0.3 is 30.7 Å². The van der Waals surface area contributed by atoms with Crippen molar-refractivity contribution in [3.8, 4) is 17.7 Å². The van der Waals surface area contributed by atoms with Crippen molar-refractivity contribution in [2.75, 3.05) is 31.4 Å². The van der Waals surface area contributed by atoms with Gasteiger partial charge in [-0.1, -0.05) is 23.4 Å². The number of aromatic nitrogens is 3. The molecule has 1 saturated carbocycles. The van der Waals surface area contributed by atoms with Crippen molar-refractivity contribution in [1.29, 1.82) is 0 Å². The Morgan fingerprint density at radius 3 is 2.62 bits per heavy atom. The molecule has 0 unspecified atom stereocenters. The molecule has 0 aromatic carbocycles. The third-order valence-corrected chi connectivity index (χ3v) is 5.00. The zero-order valence-electron chi connectivity index (χ0n) is 15.9. The number of pyridine rings is 1. The summed E-state index contributed by atoms with van der Waals surface area (Å²) in [6.07, 6.45) is -0.160. The average molecular weight is 420 g/mol. The second-order valence-corrected chi connectivity index (χ2v) is 6.92. The molecule has 1 aliphatic carbocycles. The molecule has 1 aliphatic rings. The van der Waals surface area contributed by atoms with E-state index in [9.17, 15) is 15.3 Å². The summed E-state index contributed by atoms with van der Waals surface area (Å²) in [5, 5.41) is 35.8. The van der Waals surface area contributed by atoms with Crippen molar-refractivity contribution in [3.05, 3.63) is 34.6 Å². The zero-order chi connectivity index (χ0) is 21.0. The lowest BCUT2D eigenvalue weighted by Crippen LogP contribution is -2.35. The molecule has 1 fully saturated rings. The van der Waals surface area contributed by atoms with Crippen LogP contribution in [0.1, 0.15) is 17.5 Å². The number of rotatable bonds is 5. The molecule has 154 valence electrons. The van der Waals surface area contributed by atoms with E-state index in [-0.39, 0.29) is 17.7 Å². The van der Waals surface area contributed by atoms with E-state index in [1.807, 2.05) is 0 Å². The molecule has 29 heavy (non-hydrogen) atoms. The smallest absolute Gasteiger partial charge is 0.225 e. The molecule has 0 aliphatic heterocycles. The molecule has 9 nitrogen and oxygen atoms in total. The maximum Gasteiger partial charge on any atom is 0.225 e. The monoisotopic (exact) mass is 419 g/mol. The van der Waals surface area contributed by atoms with Gasteiger partial charge in [0, 0.05) is 37.4 Å². The normalized spacial score (nSPS) is 23.2. The Labute approximate surface area is 173 Å². The number of aliphatic hydroxyl groups excluding tert-OH is 3. The van der Waals surface area contributed by atoms with Crippen LogP contribution in [-0.2, 0) is 0 Å². The third-order valence-electron chi connectivity index (χ3n) is 4.72. The lowest BCUT2D eigenvalue weighted by Gasteiger charge is -2.20. The van der Waals surface area contributed by atoms with E-state index in [1.165, 1.54) is 7.11 Å². The first-order chi connectivity index (χ1) is 14.0. The lowest BCUT2D eigenvalue weighted by atomic mass is 10.1. The summed E-state index contributed by atoms with van der Waals surface area (Å²) in [6.45, 7) is -0.222. The van der Waals surface area contributed by atoms with E-state index in [0.29, 0.717) is 29.2 Å². The fourth-order valence-corrected chi connectivity index (χ4v) is 3.31. The highest BCUT2D eigenvalue weighted by Gasteiger charge is 2.41. The van der Waals surface area contributed by atoms with Crippen LogP contribution in [-0.4, -0.2) is 69.3 Å². The topological polar surface area (TPSA) is 133 Å². The molecule has 0 spiro atoms. The van der Waals surface area contributed by atoms with Gasteiger partial charge in [-0.15, -0.1) is 0 Å². The van der Waals surface area contributed by atoms with Gasteiger partial charge in [-0.05, 0) is 12.5 Å². The predicted octanol–water partition coefficient (Wildman–Crippen LogP) is 0.490. The number of hydrogen-bond donors (Lipinski definition) is 5. The van der Waals surface area contributed by atoms with Crippen molar-refractivity contribution in [2.45, 2.75) is 24.7 Å². The Bertz CT molecular complexity index is 915. The number of methoxy groups -OCH3 is 1. The molecule has 0 radical (unpaired) electrons. The molecule has 3 rings (SSSR count). The third kappa shape index (κ3) is 4.68. The van der Waals surface area contributed by atoms with Crippen LogP contribution in [0.15, 0.2) is 18.3 Å². The first-order valence-electron chi connectivity index (χ1n) is 8.97. The van der Waals surface area contributed by atoms with Gasteiger partial charge in [0.2, 0.25) is 11.8 Å². The van der Waals surface area contributed by atoms with E-state index >= 15 is 0 Å². The number of hydrogen-bond acceptors (Lipinski definition) is 9. The Balaban J connectivity index is 1.92.